The third-order valence-corrected chi connectivity index (χ3v) is 0.673. The van der Waals surface area contributed by atoms with E-state index in [4.69, 9.17) is 4.74 Å². The monoisotopic (exact) mass is 103 g/mol. The van der Waals surface area contributed by atoms with E-state index in [1.54, 1.807) is 7.11 Å². The van der Waals surface area contributed by atoms with E-state index in [2.05, 4.69) is 12.2 Å². The van der Waals surface area contributed by atoms with Crippen LogP contribution in [0.5, 0.6) is 0 Å². The number of hydrogen-bond acceptors (Lipinski definition) is 2. The molecule has 0 saturated heterocycles. The van der Waals surface area contributed by atoms with Crippen molar-refractivity contribution in [3.63, 3.8) is 0 Å². The molecule has 0 spiro atoms. The van der Waals surface area contributed by atoms with Gasteiger partial charge in [-0.15, -0.1) is 0 Å². The third-order valence-electron chi connectivity index (χ3n) is 0.673. The average molecular weight is 103 g/mol. The molecule has 0 radical (unpaired) electrons. The fourth-order valence-corrected chi connectivity index (χ4v) is 0.351. The van der Waals surface area contributed by atoms with Gasteiger partial charge in [-0.1, -0.05) is 6.92 Å². The van der Waals surface area contributed by atoms with Crippen LogP contribution in [-0.4, -0.2) is 20.4 Å². The summed E-state index contributed by atoms with van der Waals surface area (Å²) >= 11 is 0. The molecule has 0 saturated carbocycles. The van der Waals surface area contributed by atoms with E-state index in [1.807, 2.05) is 0 Å². The summed E-state index contributed by atoms with van der Waals surface area (Å²) < 4.78 is 4.73. The summed E-state index contributed by atoms with van der Waals surface area (Å²) in [6.45, 7) is 3.85. The van der Waals surface area contributed by atoms with Crippen molar-refractivity contribution in [2.75, 3.05) is 20.4 Å². The fraction of sp³-hybridized carbons (Fsp3) is 1.00. The molecule has 44 valence electrons. The highest BCUT2D eigenvalue weighted by Crippen LogP contribution is 1.67. The van der Waals surface area contributed by atoms with E-state index in [-0.39, 0.29) is 0 Å². The van der Waals surface area contributed by atoms with Gasteiger partial charge in [0.15, 0.2) is 0 Å². The molecule has 0 amide bonds. The van der Waals surface area contributed by atoms with Crippen molar-refractivity contribution in [3.8, 4) is 0 Å². The molecule has 0 aliphatic rings. The van der Waals surface area contributed by atoms with Crippen molar-refractivity contribution in [3.05, 3.63) is 0 Å². The van der Waals surface area contributed by atoms with Gasteiger partial charge in [0.05, 0.1) is 6.73 Å². The summed E-state index contributed by atoms with van der Waals surface area (Å²) in [6, 6.07) is 0. The molecule has 0 atom stereocenters. The van der Waals surface area contributed by atoms with Crippen LogP contribution < -0.4 is 5.32 Å². The Bertz CT molecular complexity index is 27.3. The Balaban J connectivity index is 2.45. The summed E-state index contributed by atoms with van der Waals surface area (Å²) in [5.41, 5.74) is 0. The maximum Gasteiger partial charge on any atom is 0.0961 e. The Morgan fingerprint density at radius 1 is 1.57 bits per heavy atom. The smallest absolute Gasteiger partial charge is 0.0961 e. The lowest BCUT2D eigenvalue weighted by Crippen LogP contribution is -2.16. The van der Waals surface area contributed by atoms with Crippen LogP contribution in [-0.2, 0) is 4.74 Å². The van der Waals surface area contributed by atoms with E-state index in [9.17, 15) is 0 Å². The number of rotatable bonds is 4. The second kappa shape index (κ2) is 5.92. The number of methoxy groups -OCH3 is 1. The standard InChI is InChI=1S/C5H13NO/c1-3-4-6-5-7-2/h6H,3-5H2,1-2H3. The van der Waals surface area contributed by atoms with Gasteiger partial charge in [-0.05, 0) is 13.0 Å². The average Bonchev–Trinajstić information content (AvgIpc) is 1.69. The summed E-state index contributed by atoms with van der Waals surface area (Å²) in [7, 11) is 1.68. The SMILES string of the molecule is CCCNCOC. The topological polar surface area (TPSA) is 21.3 Å². The van der Waals surface area contributed by atoms with E-state index < -0.39 is 0 Å². The molecule has 0 fully saturated rings. The molecule has 0 aliphatic carbocycles. The van der Waals surface area contributed by atoms with Crippen LogP contribution in [0, 0.1) is 0 Å². The zero-order valence-corrected chi connectivity index (χ0v) is 5.03. The van der Waals surface area contributed by atoms with Gasteiger partial charge in [0, 0.05) is 7.11 Å². The van der Waals surface area contributed by atoms with Crippen LogP contribution in [0.15, 0.2) is 0 Å². The normalized spacial score (nSPS) is 9.43. The first-order chi connectivity index (χ1) is 3.41. The molecule has 0 rings (SSSR count). The zero-order chi connectivity index (χ0) is 5.54. The molecular formula is C5H13NO. The Hall–Kier alpha value is -0.0800. The van der Waals surface area contributed by atoms with Crippen LogP contribution in [0.2, 0.25) is 0 Å². The predicted octanol–water partition coefficient (Wildman–Crippen LogP) is 0.590. The van der Waals surface area contributed by atoms with Gasteiger partial charge in [-0.2, -0.15) is 0 Å². The lowest BCUT2D eigenvalue weighted by molar-refractivity contribution is 0.176. The maximum atomic E-state index is 4.73. The molecule has 1 N–H and O–H groups in total. The van der Waals surface area contributed by atoms with Crippen molar-refractivity contribution >= 4 is 0 Å². The van der Waals surface area contributed by atoms with Crippen LogP contribution in [0.1, 0.15) is 13.3 Å². The molecule has 2 heteroatoms. The van der Waals surface area contributed by atoms with Crippen LogP contribution in [0.25, 0.3) is 0 Å². The first-order valence-electron chi connectivity index (χ1n) is 2.61. The second-order valence-electron chi connectivity index (χ2n) is 1.43. The molecule has 0 aromatic rings. The molecule has 0 heterocycles. The highest BCUT2D eigenvalue weighted by atomic mass is 16.5. The Labute approximate surface area is 44.9 Å². The summed E-state index contributed by atoms with van der Waals surface area (Å²) in [5.74, 6) is 0. The number of ether oxygens (including phenoxy) is 1. The van der Waals surface area contributed by atoms with Gasteiger partial charge < -0.3 is 4.74 Å². The maximum absolute atomic E-state index is 4.73. The Kier molecular flexibility index (Phi) is 5.85. The van der Waals surface area contributed by atoms with Gasteiger partial charge in [0.2, 0.25) is 0 Å². The minimum atomic E-state index is 0.674. The molecule has 0 aromatic carbocycles. The molecule has 7 heavy (non-hydrogen) atoms. The second-order valence-corrected chi connectivity index (χ2v) is 1.43. The van der Waals surface area contributed by atoms with Gasteiger partial charge in [0.25, 0.3) is 0 Å². The minimum absolute atomic E-state index is 0.674. The summed E-state index contributed by atoms with van der Waals surface area (Å²) in [4.78, 5) is 0. The van der Waals surface area contributed by atoms with Gasteiger partial charge >= 0.3 is 0 Å². The van der Waals surface area contributed by atoms with Crippen molar-refractivity contribution in [2.24, 2.45) is 0 Å². The Morgan fingerprint density at radius 3 is 2.71 bits per heavy atom. The quantitative estimate of drug-likeness (QED) is 0.415. The number of nitrogens with one attached hydrogen (secondary N) is 1. The van der Waals surface area contributed by atoms with Crippen LogP contribution >= 0.6 is 0 Å². The lowest BCUT2D eigenvalue weighted by Gasteiger charge is -1.97. The first kappa shape index (κ1) is 6.92. The van der Waals surface area contributed by atoms with Crippen LogP contribution in [0.4, 0.5) is 0 Å². The van der Waals surface area contributed by atoms with Crippen molar-refractivity contribution in [2.45, 2.75) is 13.3 Å². The molecule has 0 unspecified atom stereocenters. The summed E-state index contributed by atoms with van der Waals surface area (Å²) in [5, 5.41) is 3.06. The van der Waals surface area contributed by atoms with E-state index >= 15 is 0 Å². The van der Waals surface area contributed by atoms with E-state index in [0.717, 1.165) is 6.54 Å². The third kappa shape index (κ3) is 5.92. The summed E-state index contributed by atoms with van der Waals surface area (Å²) in [6.07, 6.45) is 1.17. The van der Waals surface area contributed by atoms with E-state index in [0.29, 0.717) is 6.73 Å². The predicted molar refractivity (Wildman–Crippen MR) is 30.2 cm³/mol. The number of hydrogen-bond donors (Lipinski definition) is 1. The van der Waals surface area contributed by atoms with Gasteiger partial charge in [0.1, 0.15) is 0 Å². The van der Waals surface area contributed by atoms with Crippen molar-refractivity contribution in [1.29, 1.82) is 0 Å². The van der Waals surface area contributed by atoms with Crippen LogP contribution in [0.3, 0.4) is 0 Å². The van der Waals surface area contributed by atoms with Crippen molar-refractivity contribution in [1.82, 2.24) is 5.32 Å². The van der Waals surface area contributed by atoms with E-state index in [1.165, 1.54) is 6.42 Å². The molecule has 0 aromatic heterocycles. The molecular weight excluding hydrogens is 90.1 g/mol. The van der Waals surface area contributed by atoms with Gasteiger partial charge in [-0.3, -0.25) is 5.32 Å². The largest absolute Gasteiger partial charge is 0.370 e. The molecule has 0 bridgehead atoms. The minimum Gasteiger partial charge on any atom is -0.370 e. The zero-order valence-electron chi connectivity index (χ0n) is 5.03. The Morgan fingerprint density at radius 2 is 2.29 bits per heavy atom. The molecule has 0 aliphatic heterocycles. The first-order valence-corrected chi connectivity index (χ1v) is 2.61. The fourth-order valence-electron chi connectivity index (χ4n) is 0.351. The lowest BCUT2D eigenvalue weighted by atomic mass is 10.5. The highest BCUT2D eigenvalue weighted by molar-refractivity contribution is 4.32. The van der Waals surface area contributed by atoms with Crippen molar-refractivity contribution < 1.29 is 4.74 Å². The molecule has 2 nitrogen and oxygen atoms in total. The van der Waals surface area contributed by atoms with Gasteiger partial charge in [-0.25, -0.2) is 0 Å². The highest BCUT2D eigenvalue weighted by Gasteiger charge is 1.76.